The summed E-state index contributed by atoms with van der Waals surface area (Å²) in [4.78, 5) is 16.8. The van der Waals surface area contributed by atoms with E-state index in [4.69, 9.17) is 0 Å². The molecule has 27 heavy (non-hydrogen) atoms. The van der Waals surface area contributed by atoms with Crippen molar-refractivity contribution < 1.29 is 13.2 Å². The van der Waals surface area contributed by atoms with Gasteiger partial charge in [0.1, 0.15) is 4.90 Å². The number of rotatable bonds is 6. The molecule has 6 nitrogen and oxygen atoms in total. The minimum absolute atomic E-state index is 0.145. The Balaban J connectivity index is 1.62. The summed E-state index contributed by atoms with van der Waals surface area (Å²) in [5.74, 6) is -0.145. The second kappa shape index (κ2) is 8.72. The fourth-order valence-electron chi connectivity index (χ4n) is 2.71. The summed E-state index contributed by atoms with van der Waals surface area (Å²) in [6.45, 7) is 2.91. The highest BCUT2D eigenvalue weighted by atomic mass is 79.9. The highest BCUT2D eigenvalue weighted by molar-refractivity contribution is 9.10. The summed E-state index contributed by atoms with van der Waals surface area (Å²) in [6.07, 6.45) is 3.16. The lowest BCUT2D eigenvalue weighted by molar-refractivity contribution is -0.115. The normalized spacial score (nSPS) is 16.2. The summed E-state index contributed by atoms with van der Waals surface area (Å²) in [5.41, 5.74) is 0.710. The molecule has 0 spiro atoms. The monoisotopic (exact) mass is 469 g/mol. The molecule has 1 N–H and O–H groups in total. The van der Waals surface area contributed by atoms with E-state index in [1.165, 1.54) is 22.3 Å². The van der Waals surface area contributed by atoms with E-state index in [1.807, 2.05) is 24.3 Å². The number of thioether (sulfide) groups is 1. The zero-order valence-electron chi connectivity index (χ0n) is 14.8. The summed E-state index contributed by atoms with van der Waals surface area (Å²) in [7, 11) is -3.47. The van der Waals surface area contributed by atoms with Crippen LogP contribution in [0.25, 0.3) is 0 Å². The van der Waals surface area contributed by atoms with E-state index in [2.05, 4.69) is 26.2 Å². The molecule has 3 rings (SSSR count). The SMILES string of the molecule is CC(Sc1ccc(S(=O)(=O)N2CCCC2)cn1)C(=O)Nc1cccc(Br)c1. The van der Waals surface area contributed by atoms with Gasteiger partial charge in [-0.1, -0.05) is 33.8 Å². The Hall–Kier alpha value is -1.42. The average molecular weight is 470 g/mol. The maximum absolute atomic E-state index is 12.5. The molecular formula is C18H20BrN3O3S2. The molecule has 9 heteroatoms. The molecule has 1 unspecified atom stereocenters. The van der Waals surface area contributed by atoms with Crippen LogP contribution in [0.3, 0.4) is 0 Å². The van der Waals surface area contributed by atoms with Crippen molar-refractivity contribution in [1.82, 2.24) is 9.29 Å². The van der Waals surface area contributed by atoms with Crippen LogP contribution in [0.4, 0.5) is 5.69 Å². The third-order valence-electron chi connectivity index (χ3n) is 4.17. The number of hydrogen-bond acceptors (Lipinski definition) is 5. The fraction of sp³-hybridized carbons (Fsp3) is 0.333. The number of nitrogens with zero attached hydrogens (tertiary/aromatic N) is 2. The smallest absolute Gasteiger partial charge is 0.244 e. The molecule has 2 aromatic rings. The van der Waals surface area contributed by atoms with Gasteiger partial charge in [0.25, 0.3) is 0 Å². The average Bonchev–Trinajstić information content (AvgIpc) is 3.17. The molecule has 1 aliphatic rings. The largest absolute Gasteiger partial charge is 0.325 e. The maximum atomic E-state index is 12.5. The van der Waals surface area contributed by atoms with E-state index in [0.717, 1.165) is 17.3 Å². The van der Waals surface area contributed by atoms with Gasteiger partial charge in [0.2, 0.25) is 15.9 Å². The number of hydrogen-bond donors (Lipinski definition) is 1. The number of carbonyl (C=O) groups is 1. The van der Waals surface area contributed by atoms with Crippen LogP contribution in [-0.4, -0.2) is 42.0 Å². The minimum Gasteiger partial charge on any atom is -0.325 e. The second-order valence-corrected chi connectivity index (χ2v) is 10.4. The van der Waals surface area contributed by atoms with Crippen LogP contribution < -0.4 is 5.32 Å². The molecule has 1 atom stereocenters. The Morgan fingerprint density at radius 3 is 2.63 bits per heavy atom. The van der Waals surface area contributed by atoms with Crippen molar-refractivity contribution in [2.75, 3.05) is 18.4 Å². The zero-order chi connectivity index (χ0) is 19.4. The number of carbonyl (C=O) groups excluding carboxylic acids is 1. The molecular weight excluding hydrogens is 450 g/mol. The second-order valence-electron chi connectivity index (χ2n) is 6.20. The molecule has 0 bridgehead atoms. The van der Waals surface area contributed by atoms with Gasteiger partial charge >= 0.3 is 0 Å². The van der Waals surface area contributed by atoms with Crippen molar-refractivity contribution in [3.05, 3.63) is 47.1 Å². The minimum atomic E-state index is -3.47. The van der Waals surface area contributed by atoms with Crippen LogP contribution >= 0.6 is 27.7 Å². The number of benzene rings is 1. The topological polar surface area (TPSA) is 79.4 Å². The van der Waals surface area contributed by atoms with Gasteiger partial charge in [0.05, 0.1) is 10.3 Å². The Morgan fingerprint density at radius 2 is 2.00 bits per heavy atom. The molecule has 2 heterocycles. The highest BCUT2D eigenvalue weighted by Gasteiger charge is 2.27. The Bertz CT molecular complexity index is 914. The fourth-order valence-corrected chi connectivity index (χ4v) is 5.36. The van der Waals surface area contributed by atoms with Gasteiger partial charge in [-0.05, 0) is 50.1 Å². The van der Waals surface area contributed by atoms with Crippen LogP contribution in [-0.2, 0) is 14.8 Å². The Labute approximate surface area is 171 Å². The number of halogens is 1. The first-order valence-electron chi connectivity index (χ1n) is 8.55. The number of pyridine rings is 1. The van der Waals surface area contributed by atoms with Crippen molar-refractivity contribution in [3.8, 4) is 0 Å². The van der Waals surface area contributed by atoms with Crippen LogP contribution in [0.15, 0.2) is 57.0 Å². The van der Waals surface area contributed by atoms with Gasteiger partial charge in [-0.25, -0.2) is 13.4 Å². The lowest BCUT2D eigenvalue weighted by atomic mass is 10.3. The van der Waals surface area contributed by atoms with Crippen molar-refractivity contribution in [1.29, 1.82) is 0 Å². The summed E-state index contributed by atoms with van der Waals surface area (Å²) in [5, 5.41) is 3.08. The summed E-state index contributed by atoms with van der Waals surface area (Å²) >= 11 is 4.65. The van der Waals surface area contributed by atoms with Crippen LogP contribution in [0.5, 0.6) is 0 Å². The van der Waals surface area contributed by atoms with Gasteiger partial charge in [-0.2, -0.15) is 4.31 Å². The molecule has 1 amide bonds. The first-order chi connectivity index (χ1) is 12.9. The lowest BCUT2D eigenvalue weighted by Gasteiger charge is -2.15. The molecule has 1 aliphatic heterocycles. The zero-order valence-corrected chi connectivity index (χ0v) is 18.0. The molecule has 1 aromatic carbocycles. The van der Waals surface area contributed by atoms with Crippen molar-refractivity contribution in [3.63, 3.8) is 0 Å². The number of aromatic nitrogens is 1. The standard InChI is InChI=1S/C18H20BrN3O3S2/c1-13(18(23)21-15-6-4-5-14(19)11-15)26-17-8-7-16(12-20-17)27(24,25)22-9-2-3-10-22/h4-8,11-13H,2-3,9-10H2,1H3,(H,21,23). The van der Waals surface area contributed by atoms with Crippen LogP contribution in [0.1, 0.15) is 19.8 Å². The van der Waals surface area contributed by atoms with Crippen LogP contribution in [0.2, 0.25) is 0 Å². The molecule has 0 aliphatic carbocycles. The van der Waals surface area contributed by atoms with E-state index in [-0.39, 0.29) is 16.1 Å². The highest BCUT2D eigenvalue weighted by Crippen LogP contribution is 2.26. The first kappa shape index (κ1) is 20.3. The van der Waals surface area contributed by atoms with E-state index >= 15 is 0 Å². The van der Waals surface area contributed by atoms with Gasteiger partial charge in [-0.15, -0.1) is 0 Å². The van der Waals surface area contributed by atoms with Crippen molar-refractivity contribution in [2.24, 2.45) is 0 Å². The van der Waals surface area contributed by atoms with E-state index < -0.39 is 10.0 Å². The first-order valence-corrected chi connectivity index (χ1v) is 11.7. The summed E-state index contributed by atoms with van der Waals surface area (Å²) < 4.78 is 27.4. The third kappa shape index (κ3) is 5.10. The van der Waals surface area contributed by atoms with Gasteiger partial charge in [0.15, 0.2) is 0 Å². The van der Waals surface area contributed by atoms with E-state index in [9.17, 15) is 13.2 Å². The van der Waals surface area contributed by atoms with Gasteiger partial charge in [0, 0.05) is 29.4 Å². The Morgan fingerprint density at radius 1 is 1.26 bits per heavy atom. The number of anilines is 1. The van der Waals surface area contributed by atoms with E-state index in [0.29, 0.717) is 23.8 Å². The molecule has 1 saturated heterocycles. The number of nitrogens with one attached hydrogen (secondary N) is 1. The molecule has 1 fully saturated rings. The predicted octanol–water partition coefficient (Wildman–Crippen LogP) is 3.75. The van der Waals surface area contributed by atoms with Crippen molar-refractivity contribution in [2.45, 2.75) is 34.9 Å². The predicted molar refractivity (Wildman–Crippen MR) is 110 cm³/mol. The number of amides is 1. The molecule has 0 saturated carbocycles. The lowest BCUT2D eigenvalue weighted by Crippen LogP contribution is -2.28. The summed E-state index contributed by atoms with van der Waals surface area (Å²) in [6, 6.07) is 10.6. The van der Waals surface area contributed by atoms with Crippen LogP contribution in [0, 0.1) is 0 Å². The van der Waals surface area contributed by atoms with E-state index in [1.54, 1.807) is 19.1 Å². The number of sulfonamides is 1. The third-order valence-corrected chi connectivity index (χ3v) is 7.60. The quantitative estimate of drug-likeness (QED) is 0.651. The molecule has 1 aromatic heterocycles. The van der Waals surface area contributed by atoms with Gasteiger partial charge < -0.3 is 5.32 Å². The maximum Gasteiger partial charge on any atom is 0.244 e. The molecule has 0 radical (unpaired) electrons. The Kier molecular flexibility index (Phi) is 6.56. The van der Waals surface area contributed by atoms with Crippen molar-refractivity contribution >= 4 is 49.3 Å². The van der Waals surface area contributed by atoms with Gasteiger partial charge in [-0.3, -0.25) is 4.79 Å². The molecule has 144 valence electrons.